The number of carbonyl (C=O) groups excluding carboxylic acids is 1. The molecule has 0 aliphatic carbocycles. The van der Waals surface area contributed by atoms with E-state index in [0.29, 0.717) is 6.08 Å². The van der Waals surface area contributed by atoms with Gasteiger partial charge in [0.15, 0.2) is 0 Å². The number of allylic oxidation sites excluding steroid dienone is 1. The Labute approximate surface area is 131 Å². The van der Waals surface area contributed by atoms with Crippen LogP contribution in [0.25, 0.3) is 0 Å². The fourth-order valence-corrected chi connectivity index (χ4v) is 3.04. The predicted octanol–water partition coefficient (Wildman–Crippen LogP) is 1.35. The number of benzene rings is 1. The molecule has 1 aromatic rings. The van der Waals surface area contributed by atoms with E-state index in [9.17, 15) is 23.1 Å². The first-order chi connectivity index (χ1) is 10.8. The molecule has 1 aliphatic rings. The summed E-state index contributed by atoms with van der Waals surface area (Å²) in [6.45, 7) is -0.191. The molecule has 1 aliphatic heterocycles. The van der Waals surface area contributed by atoms with E-state index in [-0.39, 0.29) is 22.0 Å². The molecule has 0 aromatic heterocycles. The van der Waals surface area contributed by atoms with Gasteiger partial charge in [0.05, 0.1) is 4.90 Å². The minimum absolute atomic E-state index is 0.0170. The van der Waals surface area contributed by atoms with Crippen LogP contribution >= 0.6 is 0 Å². The van der Waals surface area contributed by atoms with Crippen LogP contribution in [-0.4, -0.2) is 37.0 Å². The highest BCUT2D eigenvalue weighted by Crippen LogP contribution is 2.25. The molecule has 2 N–H and O–H groups in total. The van der Waals surface area contributed by atoms with Gasteiger partial charge >= 0.3 is 5.97 Å². The number of hydrogen-bond donors (Lipinski definition) is 2. The summed E-state index contributed by atoms with van der Waals surface area (Å²) in [5, 5.41) is 18.2. The first-order valence-electron chi connectivity index (χ1n) is 6.33. The van der Waals surface area contributed by atoms with Crippen LogP contribution in [0.5, 0.6) is 0 Å². The third-order valence-electron chi connectivity index (χ3n) is 2.93. The van der Waals surface area contributed by atoms with Gasteiger partial charge in [-0.1, -0.05) is 18.2 Å². The normalized spacial score (nSPS) is 15.2. The SMILES string of the molecule is O=C(O)C(=O)C=C(O)C1=CC(S(=O)(=O)c2ccccc2)=COC1. The van der Waals surface area contributed by atoms with Crippen molar-refractivity contribution in [2.75, 3.05) is 6.61 Å². The molecule has 0 saturated carbocycles. The zero-order chi connectivity index (χ0) is 17.0. The highest BCUT2D eigenvalue weighted by atomic mass is 32.2. The molecular formula is C15H12O7S. The molecule has 2 rings (SSSR count). The first kappa shape index (κ1) is 16.5. The van der Waals surface area contributed by atoms with E-state index in [4.69, 9.17) is 9.84 Å². The Morgan fingerprint density at radius 1 is 1.13 bits per heavy atom. The van der Waals surface area contributed by atoms with Gasteiger partial charge in [0.25, 0.3) is 5.78 Å². The largest absolute Gasteiger partial charge is 0.507 e. The topological polar surface area (TPSA) is 118 Å². The summed E-state index contributed by atoms with van der Waals surface area (Å²) in [7, 11) is -3.85. The fraction of sp³-hybridized carbons (Fsp3) is 0.0667. The molecule has 0 radical (unpaired) electrons. The summed E-state index contributed by atoms with van der Waals surface area (Å²) in [6.07, 6.45) is 2.65. The summed E-state index contributed by atoms with van der Waals surface area (Å²) in [4.78, 5) is 21.3. The van der Waals surface area contributed by atoms with E-state index in [1.165, 1.54) is 12.1 Å². The maximum atomic E-state index is 12.4. The third kappa shape index (κ3) is 3.67. The molecular weight excluding hydrogens is 324 g/mol. The average Bonchev–Trinajstić information content (AvgIpc) is 2.55. The van der Waals surface area contributed by atoms with Crippen LogP contribution in [0, 0.1) is 0 Å². The van der Waals surface area contributed by atoms with Crippen LogP contribution in [0.1, 0.15) is 0 Å². The smallest absolute Gasteiger partial charge is 0.376 e. The number of hydrogen-bond acceptors (Lipinski definition) is 6. The summed E-state index contributed by atoms with van der Waals surface area (Å²) in [6, 6.07) is 7.59. The second kappa shape index (κ2) is 6.49. The van der Waals surface area contributed by atoms with Crippen molar-refractivity contribution in [2.45, 2.75) is 4.90 Å². The van der Waals surface area contributed by atoms with Crippen LogP contribution in [-0.2, 0) is 24.2 Å². The Kier molecular flexibility index (Phi) is 4.65. The Balaban J connectivity index is 2.36. The van der Waals surface area contributed by atoms with Crippen molar-refractivity contribution in [3.05, 3.63) is 65.0 Å². The zero-order valence-electron chi connectivity index (χ0n) is 11.7. The van der Waals surface area contributed by atoms with Gasteiger partial charge in [0.2, 0.25) is 9.84 Å². The van der Waals surface area contributed by atoms with E-state index >= 15 is 0 Å². The molecule has 8 heteroatoms. The molecule has 1 heterocycles. The average molecular weight is 336 g/mol. The van der Waals surface area contributed by atoms with Gasteiger partial charge in [0, 0.05) is 11.6 Å². The molecule has 0 fully saturated rings. The lowest BCUT2D eigenvalue weighted by Gasteiger charge is -2.14. The van der Waals surface area contributed by atoms with Crippen molar-refractivity contribution < 1.29 is 33.0 Å². The Bertz CT molecular complexity index is 830. The summed E-state index contributed by atoms with van der Waals surface area (Å²) >= 11 is 0. The number of aliphatic hydroxyl groups excluding tert-OH is 1. The quantitative estimate of drug-likeness (QED) is 0.473. The lowest BCUT2D eigenvalue weighted by atomic mass is 10.1. The highest BCUT2D eigenvalue weighted by molar-refractivity contribution is 7.95. The monoisotopic (exact) mass is 336 g/mol. The van der Waals surface area contributed by atoms with Crippen molar-refractivity contribution in [1.82, 2.24) is 0 Å². The van der Waals surface area contributed by atoms with E-state index in [0.717, 1.165) is 12.3 Å². The van der Waals surface area contributed by atoms with Crippen LogP contribution < -0.4 is 0 Å². The molecule has 0 spiro atoms. The Hall–Kier alpha value is -2.87. The van der Waals surface area contributed by atoms with Gasteiger partial charge in [0.1, 0.15) is 23.5 Å². The molecule has 0 bridgehead atoms. The van der Waals surface area contributed by atoms with Crippen molar-refractivity contribution in [2.24, 2.45) is 0 Å². The standard InChI is InChI=1S/C15H12O7S/c16-13(7-14(17)15(18)19)10-6-12(9-22-8-10)23(20,21)11-4-2-1-3-5-11/h1-7,9,16H,8H2,(H,18,19). The van der Waals surface area contributed by atoms with E-state index in [2.05, 4.69) is 0 Å². The maximum absolute atomic E-state index is 12.4. The first-order valence-corrected chi connectivity index (χ1v) is 7.81. The number of ketones is 1. The number of carboxylic acids is 1. The number of aliphatic carboxylic acids is 1. The van der Waals surface area contributed by atoms with Gasteiger partial charge in [-0.25, -0.2) is 13.2 Å². The molecule has 120 valence electrons. The van der Waals surface area contributed by atoms with Crippen molar-refractivity contribution in [1.29, 1.82) is 0 Å². The summed E-state index contributed by atoms with van der Waals surface area (Å²) in [5.41, 5.74) is -0.0170. The van der Waals surface area contributed by atoms with Gasteiger partial charge in [-0.3, -0.25) is 4.79 Å². The predicted molar refractivity (Wildman–Crippen MR) is 79.1 cm³/mol. The zero-order valence-corrected chi connectivity index (χ0v) is 12.5. The van der Waals surface area contributed by atoms with Crippen LogP contribution in [0.2, 0.25) is 0 Å². The molecule has 23 heavy (non-hydrogen) atoms. The number of ether oxygens (including phenoxy) is 1. The van der Waals surface area contributed by atoms with E-state index in [1.807, 2.05) is 0 Å². The van der Waals surface area contributed by atoms with Gasteiger partial charge < -0.3 is 14.9 Å². The minimum Gasteiger partial charge on any atom is -0.507 e. The summed E-state index contributed by atoms with van der Waals surface area (Å²) in [5.74, 6) is -3.72. The number of rotatable bonds is 5. The number of aliphatic hydroxyl groups is 1. The highest BCUT2D eigenvalue weighted by Gasteiger charge is 2.23. The summed E-state index contributed by atoms with van der Waals surface area (Å²) < 4.78 is 29.9. The third-order valence-corrected chi connectivity index (χ3v) is 4.65. The molecule has 0 atom stereocenters. The molecule has 1 aromatic carbocycles. The molecule has 0 unspecified atom stereocenters. The fourth-order valence-electron chi connectivity index (χ4n) is 1.76. The maximum Gasteiger partial charge on any atom is 0.376 e. The van der Waals surface area contributed by atoms with Crippen molar-refractivity contribution >= 4 is 21.6 Å². The van der Waals surface area contributed by atoms with E-state index < -0.39 is 27.3 Å². The second-order valence-electron chi connectivity index (χ2n) is 4.52. The van der Waals surface area contributed by atoms with Gasteiger partial charge in [-0.05, 0) is 18.2 Å². The number of carboxylic acid groups (broad SMARTS) is 1. The van der Waals surface area contributed by atoms with Crippen LogP contribution in [0.4, 0.5) is 0 Å². The van der Waals surface area contributed by atoms with Crippen molar-refractivity contribution in [3.8, 4) is 0 Å². The second-order valence-corrected chi connectivity index (χ2v) is 6.47. The minimum atomic E-state index is -3.85. The Morgan fingerprint density at radius 3 is 2.39 bits per heavy atom. The Morgan fingerprint density at radius 2 is 1.78 bits per heavy atom. The number of carbonyl (C=O) groups is 2. The molecule has 7 nitrogen and oxygen atoms in total. The van der Waals surface area contributed by atoms with Gasteiger partial charge in [-0.15, -0.1) is 0 Å². The lowest BCUT2D eigenvalue weighted by Crippen LogP contribution is -2.13. The van der Waals surface area contributed by atoms with Crippen LogP contribution in [0.15, 0.2) is 69.9 Å². The number of sulfone groups is 1. The van der Waals surface area contributed by atoms with Gasteiger partial charge in [-0.2, -0.15) is 0 Å². The molecule has 0 amide bonds. The molecule has 0 saturated heterocycles. The lowest BCUT2D eigenvalue weighted by molar-refractivity contribution is -0.146. The van der Waals surface area contributed by atoms with Crippen LogP contribution in [0.3, 0.4) is 0 Å². The van der Waals surface area contributed by atoms with Crippen molar-refractivity contribution in [3.63, 3.8) is 0 Å². The van der Waals surface area contributed by atoms with E-state index in [1.54, 1.807) is 18.2 Å².